The molecule has 0 spiro atoms. The number of hydrogen-bond acceptors (Lipinski definition) is 3. The van der Waals surface area contributed by atoms with E-state index in [0.717, 1.165) is 12.1 Å². The van der Waals surface area contributed by atoms with Gasteiger partial charge in [-0.2, -0.15) is 0 Å². The second-order valence-corrected chi connectivity index (χ2v) is 5.24. The number of hydrogen-bond donors (Lipinski definition) is 1. The summed E-state index contributed by atoms with van der Waals surface area (Å²) >= 11 is 9.04. The van der Waals surface area contributed by atoms with E-state index in [1.165, 1.54) is 18.2 Å². The minimum atomic E-state index is -0.888. The third-order valence-corrected chi connectivity index (χ3v) is 3.84. The molecule has 0 aliphatic carbocycles. The maximum Gasteiger partial charge on any atom is 0.295 e. The van der Waals surface area contributed by atoms with Gasteiger partial charge in [0.25, 0.3) is 11.6 Å². The summed E-state index contributed by atoms with van der Waals surface area (Å²) in [6, 6.07) is 7.70. The van der Waals surface area contributed by atoms with E-state index in [1.54, 1.807) is 6.07 Å². The molecular formula is C13H7BrClFN2O3. The average molecular weight is 374 g/mol. The fourth-order valence-corrected chi connectivity index (χ4v) is 2.04. The predicted octanol–water partition coefficient (Wildman–Crippen LogP) is 4.40. The zero-order valence-electron chi connectivity index (χ0n) is 10.3. The highest BCUT2D eigenvalue weighted by Crippen LogP contribution is 2.28. The van der Waals surface area contributed by atoms with Crippen LogP contribution in [0.25, 0.3) is 0 Å². The number of carbonyl (C=O) groups excluding carboxylic acids is 1. The van der Waals surface area contributed by atoms with Crippen molar-refractivity contribution >= 4 is 44.8 Å². The van der Waals surface area contributed by atoms with Crippen LogP contribution >= 0.6 is 27.5 Å². The third-order valence-electron chi connectivity index (χ3n) is 2.61. The Balaban J connectivity index is 2.36. The summed E-state index contributed by atoms with van der Waals surface area (Å²) in [5, 5.41) is 13.3. The fourth-order valence-electron chi connectivity index (χ4n) is 1.61. The van der Waals surface area contributed by atoms with Crippen LogP contribution in [-0.2, 0) is 0 Å². The lowest BCUT2D eigenvalue weighted by molar-refractivity contribution is -0.384. The van der Waals surface area contributed by atoms with Crippen LogP contribution in [0.4, 0.5) is 15.8 Å². The number of para-hydroxylation sites is 1. The van der Waals surface area contributed by atoms with E-state index in [2.05, 4.69) is 21.2 Å². The molecule has 0 aliphatic heterocycles. The van der Waals surface area contributed by atoms with Crippen molar-refractivity contribution in [1.29, 1.82) is 0 Å². The molecule has 1 amide bonds. The van der Waals surface area contributed by atoms with E-state index in [-0.39, 0.29) is 5.56 Å². The molecule has 0 unspecified atom stereocenters. The molecule has 21 heavy (non-hydrogen) atoms. The van der Waals surface area contributed by atoms with Crippen LogP contribution in [0.1, 0.15) is 10.4 Å². The molecule has 0 saturated heterocycles. The Labute approximate surface area is 132 Å². The van der Waals surface area contributed by atoms with E-state index in [0.29, 0.717) is 9.50 Å². The number of nitrogens with one attached hydrogen (secondary N) is 1. The number of nitrogens with zero attached hydrogens (tertiary/aromatic N) is 1. The van der Waals surface area contributed by atoms with Gasteiger partial charge in [0.15, 0.2) is 11.5 Å². The SMILES string of the molecule is O=C(Nc1c(F)cccc1[N+](=O)[O-])c1ccc(Br)c(Cl)c1. The molecule has 2 aromatic rings. The van der Waals surface area contributed by atoms with Gasteiger partial charge in [0.2, 0.25) is 0 Å². The molecule has 0 aliphatic rings. The maximum atomic E-state index is 13.7. The van der Waals surface area contributed by atoms with Crippen LogP contribution in [-0.4, -0.2) is 10.8 Å². The number of nitro groups is 1. The van der Waals surface area contributed by atoms with E-state index < -0.39 is 28.0 Å². The first kappa shape index (κ1) is 15.4. The Kier molecular flexibility index (Phi) is 4.54. The lowest BCUT2D eigenvalue weighted by Crippen LogP contribution is -2.14. The Hall–Kier alpha value is -1.99. The minimum absolute atomic E-state index is 0.153. The fraction of sp³-hybridized carbons (Fsp3) is 0. The average Bonchev–Trinajstić information content (AvgIpc) is 2.43. The lowest BCUT2D eigenvalue weighted by atomic mass is 10.2. The number of benzene rings is 2. The molecule has 108 valence electrons. The highest BCUT2D eigenvalue weighted by atomic mass is 79.9. The summed E-state index contributed by atoms with van der Waals surface area (Å²) in [4.78, 5) is 22.1. The van der Waals surface area contributed by atoms with Crippen molar-refractivity contribution in [1.82, 2.24) is 0 Å². The highest BCUT2D eigenvalue weighted by Gasteiger charge is 2.20. The molecule has 0 bridgehead atoms. The van der Waals surface area contributed by atoms with Crippen molar-refractivity contribution in [3.05, 3.63) is 67.4 Å². The molecule has 0 aromatic heterocycles. The minimum Gasteiger partial charge on any atom is -0.314 e. The number of rotatable bonds is 3. The van der Waals surface area contributed by atoms with Crippen LogP contribution < -0.4 is 5.32 Å². The zero-order chi connectivity index (χ0) is 15.6. The van der Waals surface area contributed by atoms with Crippen LogP contribution in [0.5, 0.6) is 0 Å². The van der Waals surface area contributed by atoms with Crippen molar-refractivity contribution in [3.8, 4) is 0 Å². The van der Waals surface area contributed by atoms with Gasteiger partial charge in [0.1, 0.15) is 0 Å². The van der Waals surface area contributed by atoms with Gasteiger partial charge in [-0.1, -0.05) is 17.7 Å². The Morgan fingerprint density at radius 3 is 2.67 bits per heavy atom. The lowest BCUT2D eigenvalue weighted by Gasteiger charge is -2.07. The summed E-state index contributed by atoms with van der Waals surface area (Å²) in [6.07, 6.45) is 0. The number of nitro benzene ring substituents is 1. The Morgan fingerprint density at radius 1 is 1.33 bits per heavy atom. The third kappa shape index (κ3) is 3.37. The van der Waals surface area contributed by atoms with Gasteiger partial charge in [0.05, 0.1) is 9.95 Å². The number of carbonyl (C=O) groups is 1. The number of amides is 1. The van der Waals surface area contributed by atoms with Crippen molar-refractivity contribution in [3.63, 3.8) is 0 Å². The van der Waals surface area contributed by atoms with Gasteiger partial charge < -0.3 is 5.32 Å². The molecule has 1 N–H and O–H groups in total. The summed E-state index contributed by atoms with van der Waals surface area (Å²) in [5.41, 5.74) is -0.848. The van der Waals surface area contributed by atoms with Gasteiger partial charge in [-0.05, 0) is 40.2 Å². The molecule has 8 heteroatoms. The second kappa shape index (κ2) is 6.19. The van der Waals surface area contributed by atoms with Crippen LogP contribution in [0, 0.1) is 15.9 Å². The predicted molar refractivity (Wildman–Crippen MR) is 80.2 cm³/mol. The standard InChI is InChI=1S/C13H7BrClFN2O3/c14-8-5-4-7(6-9(8)15)13(19)17-12-10(16)2-1-3-11(12)18(20)21/h1-6H,(H,17,19). The number of anilines is 1. The van der Waals surface area contributed by atoms with Gasteiger partial charge in [-0.25, -0.2) is 4.39 Å². The molecule has 0 saturated carbocycles. The van der Waals surface area contributed by atoms with E-state index in [4.69, 9.17) is 11.6 Å². The summed E-state index contributed by atoms with van der Waals surface area (Å²) in [6.45, 7) is 0. The first-order valence-corrected chi connectivity index (χ1v) is 6.76. The van der Waals surface area contributed by atoms with E-state index in [9.17, 15) is 19.3 Å². The van der Waals surface area contributed by atoms with Crippen LogP contribution in [0.3, 0.4) is 0 Å². The Bertz CT molecular complexity index is 739. The first-order valence-electron chi connectivity index (χ1n) is 5.59. The van der Waals surface area contributed by atoms with Gasteiger partial charge in [0, 0.05) is 16.1 Å². The van der Waals surface area contributed by atoms with Gasteiger partial charge in [-0.3, -0.25) is 14.9 Å². The summed E-state index contributed by atoms with van der Waals surface area (Å²) in [7, 11) is 0. The van der Waals surface area contributed by atoms with Gasteiger partial charge in [-0.15, -0.1) is 0 Å². The molecule has 0 fully saturated rings. The molecule has 0 heterocycles. The summed E-state index contributed by atoms with van der Waals surface area (Å²) in [5.74, 6) is -1.58. The molecule has 0 atom stereocenters. The normalized spacial score (nSPS) is 10.2. The van der Waals surface area contributed by atoms with Crippen molar-refractivity contribution in [2.24, 2.45) is 0 Å². The van der Waals surface area contributed by atoms with E-state index >= 15 is 0 Å². The topological polar surface area (TPSA) is 72.2 Å². The first-order chi connectivity index (χ1) is 9.90. The second-order valence-electron chi connectivity index (χ2n) is 3.97. The largest absolute Gasteiger partial charge is 0.314 e. The Morgan fingerprint density at radius 2 is 2.05 bits per heavy atom. The van der Waals surface area contributed by atoms with Crippen LogP contribution in [0.15, 0.2) is 40.9 Å². The maximum absolute atomic E-state index is 13.7. The monoisotopic (exact) mass is 372 g/mol. The highest BCUT2D eigenvalue weighted by molar-refractivity contribution is 9.10. The molecule has 0 radical (unpaired) electrons. The quantitative estimate of drug-likeness (QED) is 0.640. The smallest absolute Gasteiger partial charge is 0.295 e. The van der Waals surface area contributed by atoms with Crippen molar-refractivity contribution < 1.29 is 14.1 Å². The molecule has 2 aromatic carbocycles. The molecule has 2 rings (SSSR count). The zero-order valence-corrected chi connectivity index (χ0v) is 12.6. The molecule has 5 nitrogen and oxygen atoms in total. The van der Waals surface area contributed by atoms with Crippen molar-refractivity contribution in [2.45, 2.75) is 0 Å². The van der Waals surface area contributed by atoms with Crippen molar-refractivity contribution in [2.75, 3.05) is 5.32 Å². The molecular weight excluding hydrogens is 367 g/mol. The van der Waals surface area contributed by atoms with E-state index in [1.807, 2.05) is 0 Å². The van der Waals surface area contributed by atoms with Gasteiger partial charge >= 0.3 is 0 Å². The number of halogens is 3. The van der Waals surface area contributed by atoms with Crippen LogP contribution in [0.2, 0.25) is 5.02 Å². The summed E-state index contributed by atoms with van der Waals surface area (Å²) < 4.78 is 14.3.